The fourth-order valence-electron chi connectivity index (χ4n) is 0.884. The van der Waals surface area contributed by atoms with Crippen molar-refractivity contribution >= 4 is 11.3 Å². The van der Waals surface area contributed by atoms with Crippen LogP contribution in [0, 0.1) is 0 Å². The lowest BCUT2D eigenvalue weighted by atomic mass is 9.99. The van der Waals surface area contributed by atoms with E-state index in [1.54, 1.807) is 18.4 Å². The third kappa shape index (κ3) is 1.61. The molecule has 3 heteroatoms. The molecule has 0 bridgehead atoms. The van der Waals surface area contributed by atoms with Crippen LogP contribution in [0.2, 0.25) is 0 Å². The fraction of sp³-hybridized carbons (Fsp3) is 0.500. The van der Waals surface area contributed by atoms with Crippen molar-refractivity contribution < 1.29 is 4.74 Å². The number of hydrogen-bond acceptors (Lipinski definition) is 3. The first-order valence-electron chi connectivity index (χ1n) is 3.51. The lowest BCUT2D eigenvalue weighted by molar-refractivity contribution is 0.0104. The van der Waals surface area contributed by atoms with Crippen LogP contribution in [0.3, 0.4) is 0 Å². The van der Waals surface area contributed by atoms with Crippen LogP contribution in [0.5, 0.6) is 0 Å². The van der Waals surface area contributed by atoms with Gasteiger partial charge in [-0.25, -0.2) is 0 Å². The first-order chi connectivity index (χ1) is 5.23. The molecule has 0 amide bonds. The van der Waals surface area contributed by atoms with Gasteiger partial charge in [0.2, 0.25) is 0 Å². The zero-order valence-corrected chi connectivity index (χ0v) is 7.65. The van der Waals surface area contributed by atoms with Gasteiger partial charge in [-0.2, -0.15) is 11.3 Å². The van der Waals surface area contributed by atoms with Gasteiger partial charge in [-0.05, 0) is 29.3 Å². The number of methoxy groups -OCH3 is 1. The van der Waals surface area contributed by atoms with Crippen LogP contribution in [0.4, 0.5) is 0 Å². The summed E-state index contributed by atoms with van der Waals surface area (Å²) in [4.78, 5) is 0. The summed E-state index contributed by atoms with van der Waals surface area (Å²) in [6.07, 6.45) is 0. The number of ether oxygens (including phenoxy) is 1. The Morgan fingerprint density at radius 1 is 1.73 bits per heavy atom. The van der Waals surface area contributed by atoms with Crippen LogP contribution in [0.1, 0.15) is 12.5 Å². The monoisotopic (exact) mass is 171 g/mol. The highest BCUT2D eigenvalue weighted by Crippen LogP contribution is 2.24. The predicted molar refractivity (Wildman–Crippen MR) is 47.7 cm³/mol. The minimum atomic E-state index is -0.306. The van der Waals surface area contributed by atoms with Crippen LogP contribution >= 0.6 is 11.3 Å². The molecule has 0 fully saturated rings. The van der Waals surface area contributed by atoms with E-state index in [9.17, 15) is 0 Å². The Bertz CT molecular complexity index is 204. The van der Waals surface area contributed by atoms with E-state index in [2.05, 4.69) is 5.38 Å². The Labute approximate surface area is 71.0 Å². The van der Waals surface area contributed by atoms with E-state index in [0.717, 1.165) is 5.56 Å². The van der Waals surface area contributed by atoms with Crippen LogP contribution in [-0.4, -0.2) is 13.7 Å². The number of thiophene rings is 1. The summed E-state index contributed by atoms with van der Waals surface area (Å²) < 4.78 is 5.31. The van der Waals surface area contributed by atoms with Gasteiger partial charge in [0.05, 0.1) is 0 Å². The standard InChI is InChI=1S/C8H13NOS/c1-8(6-9,10-2)7-3-4-11-5-7/h3-5H,6,9H2,1-2H3. The Morgan fingerprint density at radius 2 is 2.45 bits per heavy atom. The molecular formula is C8H13NOS. The molecule has 0 aliphatic rings. The summed E-state index contributed by atoms with van der Waals surface area (Å²) in [6.45, 7) is 2.51. The van der Waals surface area contributed by atoms with E-state index >= 15 is 0 Å². The highest BCUT2D eigenvalue weighted by Gasteiger charge is 2.24. The van der Waals surface area contributed by atoms with Crippen molar-refractivity contribution in [1.29, 1.82) is 0 Å². The maximum Gasteiger partial charge on any atom is 0.103 e. The average Bonchev–Trinajstić information content (AvgIpc) is 2.55. The molecule has 11 heavy (non-hydrogen) atoms. The molecular weight excluding hydrogens is 158 g/mol. The van der Waals surface area contributed by atoms with Gasteiger partial charge in [-0.3, -0.25) is 0 Å². The Kier molecular flexibility index (Phi) is 2.65. The molecule has 1 aromatic rings. The number of rotatable bonds is 3. The molecule has 1 rings (SSSR count). The molecule has 0 aliphatic heterocycles. The molecule has 2 nitrogen and oxygen atoms in total. The molecule has 2 N–H and O–H groups in total. The number of nitrogens with two attached hydrogens (primary N) is 1. The summed E-state index contributed by atoms with van der Waals surface area (Å²) in [5.41, 5.74) is 6.44. The van der Waals surface area contributed by atoms with E-state index in [1.807, 2.05) is 18.4 Å². The van der Waals surface area contributed by atoms with Crippen LogP contribution in [0.15, 0.2) is 16.8 Å². The van der Waals surface area contributed by atoms with Crippen molar-refractivity contribution in [3.05, 3.63) is 22.4 Å². The van der Waals surface area contributed by atoms with Gasteiger partial charge in [-0.1, -0.05) is 0 Å². The van der Waals surface area contributed by atoms with Crippen molar-refractivity contribution in [2.24, 2.45) is 5.73 Å². The second-order valence-corrected chi connectivity index (χ2v) is 3.43. The van der Waals surface area contributed by atoms with Crippen molar-refractivity contribution in [3.8, 4) is 0 Å². The van der Waals surface area contributed by atoms with E-state index in [1.165, 1.54) is 0 Å². The molecule has 1 atom stereocenters. The van der Waals surface area contributed by atoms with Crippen LogP contribution < -0.4 is 5.73 Å². The molecule has 1 aromatic heterocycles. The summed E-state index contributed by atoms with van der Waals surface area (Å²) in [5, 5.41) is 4.10. The van der Waals surface area contributed by atoms with E-state index in [4.69, 9.17) is 10.5 Å². The average molecular weight is 171 g/mol. The maximum absolute atomic E-state index is 5.59. The van der Waals surface area contributed by atoms with Gasteiger partial charge in [-0.15, -0.1) is 0 Å². The molecule has 0 radical (unpaired) electrons. The largest absolute Gasteiger partial charge is 0.372 e. The summed E-state index contributed by atoms with van der Waals surface area (Å²) in [7, 11) is 1.69. The number of hydrogen-bond donors (Lipinski definition) is 1. The maximum atomic E-state index is 5.59. The lowest BCUT2D eigenvalue weighted by Gasteiger charge is -2.25. The Hall–Kier alpha value is -0.380. The quantitative estimate of drug-likeness (QED) is 0.749. The molecule has 0 aliphatic carbocycles. The third-order valence-corrected chi connectivity index (χ3v) is 2.66. The van der Waals surface area contributed by atoms with Gasteiger partial charge in [0, 0.05) is 13.7 Å². The minimum absolute atomic E-state index is 0.306. The van der Waals surface area contributed by atoms with Gasteiger partial charge >= 0.3 is 0 Å². The molecule has 0 aromatic carbocycles. The van der Waals surface area contributed by atoms with Gasteiger partial charge in [0.15, 0.2) is 0 Å². The highest BCUT2D eigenvalue weighted by molar-refractivity contribution is 7.08. The highest BCUT2D eigenvalue weighted by atomic mass is 32.1. The molecule has 0 saturated heterocycles. The molecule has 1 heterocycles. The van der Waals surface area contributed by atoms with E-state index in [0.29, 0.717) is 6.54 Å². The predicted octanol–water partition coefficient (Wildman–Crippen LogP) is 1.57. The zero-order chi connectivity index (χ0) is 8.32. The Balaban J connectivity index is 2.87. The molecule has 1 unspecified atom stereocenters. The topological polar surface area (TPSA) is 35.2 Å². The summed E-state index contributed by atoms with van der Waals surface area (Å²) >= 11 is 1.66. The second kappa shape index (κ2) is 3.34. The molecule has 0 spiro atoms. The fourth-order valence-corrected chi connectivity index (χ4v) is 1.66. The summed E-state index contributed by atoms with van der Waals surface area (Å²) in [6, 6.07) is 2.04. The zero-order valence-electron chi connectivity index (χ0n) is 6.83. The van der Waals surface area contributed by atoms with Crippen molar-refractivity contribution in [2.45, 2.75) is 12.5 Å². The molecule has 0 saturated carbocycles. The van der Waals surface area contributed by atoms with Gasteiger partial charge in [0.1, 0.15) is 5.60 Å². The van der Waals surface area contributed by atoms with E-state index < -0.39 is 0 Å². The van der Waals surface area contributed by atoms with Crippen LogP contribution in [0.25, 0.3) is 0 Å². The molecule has 62 valence electrons. The lowest BCUT2D eigenvalue weighted by Crippen LogP contribution is -2.33. The van der Waals surface area contributed by atoms with Gasteiger partial charge < -0.3 is 10.5 Å². The van der Waals surface area contributed by atoms with Gasteiger partial charge in [0.25, 0.3) is 0 Å². The summed E-state index contributed by atoms with van der Waals surface area (Å²) in [5.74, 6) is 0. The van der Waals surface area contributed by atoms with Crippen molar-refractivity contribution in [1.82, 2.24) is 0 Å². The minimum Gasteiger partial charge on any atom is -0.372 e. The van der Waals surface area contributed by atoms with Crippen molar-refractivity contribution in [2.75, 3.05) is 13.7 Å². The van der Waals surface area contributed by atoms with Crippen molar-refractivity contribution in [3.63, 3.8) is 0 Å². The normalized spacial score (nSPS) is 16.3. The van der Waals surface area contributed by atoms with Crippen LogP contribution in [-0.2, 0) is 10.3 Å². The SMILES string of the molecule is COC(C)(CN)c1ccsc1. The third-order valence-electron chi connectivity index (χ3n) is 1.97. The smallest absolute Gasteiger partial charge is 0.103 e. The first-order valence-corrected chi connectivity index (χ1v) is 4.45. The second-order valence-electron chi connectivity index (χ2n) is 2.65. The van der Waals surface area contributed by atoms with E-state index in [-0.39, 0.29) is 5.60 Å². The Morgan fingerprint density at radius 3 is 2.82 bits per heavy atom. The first kappa shape index (κ1) is 8.71.